The van der Waals surface area contributed by atoms with Gasteiger partial charge in [0.25, 0.3) is 0 Å². The summed E-state index contributed by atoms with van der Waals surface area (Å²) in [6.45, 7) is 0. The van der Waals surface area contributed by atoms with E-state index in [1.165, 1.54) is 86.6 Å². The molecule has 76 heavy (non-hydrogen) atoms. The summed E-state index contributed by atoms with van der Waals surface area (Å²) in [7, 11) is 11.0. The molecule has 13 aromatic rings. The molecule has 0 fully saturated rings. The molecule has 5 aromatic heterocycles. The number of fused-ring (bicyclic) bond motifs is 12. The predicted octanol–water partition coefficient (Wildman–Crippen LogP) is 14.3. The Labute approximate surface area is 440 Å². The predicted molar refractivity (Wildman–Crippen MR) is 321 cm³/mol. The topological polar surface area (TPSA) is 31.1 Å². The normalized spacial score (nSPS) is 13.3. The van der Waals surface area contributed by atoms with Crippen LogP contribution in [0.15, 0.2) is 182 Å². The number of nitrogens with zero attached hydrogens (tertiary/aromatic N) is 7. The minimum absolute atomic E-state index is 1.08. The molecule has 0 radical (unpaired) electrons. The van der Waals surface area contributed by atoms with E-state index in [0.717, 1.165) is 82.3 Å². The molecule has 15 rings (SSSR count). The standard InChI is InChI=1S/C69H57N7/c1-70-60(44-22-26-46(27-23-44)75(48-30-34-56-52-14-6-10-18-62(52)71(2)66(56)40-48)49-31-35-57-53-15-7-11-19-63(53)72(3)67(57)41-49)38-39-61(70)45-24-28-47(29-25-45)76(50-32-36-58-54-16-8-12-20-64(54)73(4)68(58)42-50)51-33-37-59-55-17-9-13-21-65(55)74(5)69(59)43-51/h6,8,10,12,14-43H,7,9,11,13H2,1-5H3. The lowest BCUT2D eigenvalue weighted by Crippen LogP contribution is -2.29. The van der Waals surface area contributed by atoms with Gasteiger partial charge in [-0.05, 0) is 134 Å². The Balaban J connectivity index is 0.795. The highest BCUT2D eigenvalue weighted by Crippen LogP contribution is 2.42. The van der Waals surface area contributed by atoms with Gasteiger partial charge in [-0.25, -0.2) is 0 Å². The molecule has 2 aliphatic carbocycles. The quantitative estimate of drug-likeness (QED) is 0.152. The molecule has 0 aliphatic heterocycles. The van der Waals surface area contributed by atoms with Gasteiger partial charge in [0.15, 0.2) is 0 Å². The van der Waals surface area contributed by atoms with E-state index in [0.29, 0.717) is 0 Å². The second-order valence-corrected chi connectivity index (χ2v) is 21.1. The van der Waals surface area contributed by atoms with Crippen LogP contribution in [0.3, 0.4) is 0 Å². The first-order valence-corrected chi connectivity index (χ1v) is 26.8. The molecule has 0 atom stereocenters. The summed E-state index contributed by atoms with van der Waals surface area (Å²) in [6.07, 6.45) is 13.9. The third-order valence-electron chi connectivity index (χ3n) is 17.0. The minimum atomic E-state index is 1.08. The zero-order chi connectivity index (χ0) is 50.9. The monoisotopic (exact) mass is 983 g/mol. The molecule has 0 spiro atoms. The highest BCUT2D eigenvalue weighted by molar-refractivity contribution is 6.10. The van der Waals surface area contributed by atoms with E-state index < -0.39 is 0 Å². The lowest BCUT2D eigenvalue weighted by atomic mass is 10.1. The van der Waals surface area contributed by atoms with E-state index in [2.05, 4.69) is 274 Å². The van der Waals surface area contributed by atoms with Gasteiger partial charge in [-0.1, -0.05) is 109 Å². The van der Waals surface area contributed by atoms with E-state index in [1.807, 2.05) is 0 Å². The first-order valence-electron chi connectivity index (χ1n) is 26.8. The van der Waals surface area contributed by atoms with Gasteiger partial charge in [0.2, 0.25) is 0 Å². The summed E-state index contributed by atoms with van der Waals surface area (Å²) in [6, 6.07) is 68.1. The number of benzene rings is 8. The molecule has 0 unspecified atom stereocenters. The van der Waals surface area contributed by atoms with Gasteiger partial charge in [0.1, 0.15) is 0 Å². The summed E-state index contributed by atoms with van der Waals surface area (Å²) < 4.78 is 11.7. The molecule has 5 heterocycles. The number of aromatic nitrogens is 5. The fourth-order valence-electron chi connectivity index (χ4n) is 13.2. The maximum absolute atomic E-state index is 2.42. The molecule has 2 aliphatic rings. The molecular formula is C69H57N7. The van der Waals surface area contributed by atoms with Crippen LogP contribution in [0.5, 0.6) is 0 Å². The molecular weight excluding hydrogens is 927 g/mol. The fourth-order valence-corrected chi connectivity index (χ4v) is 13.2. The van der Waals surface area contributed by atoms with Crippen molar-refractivity contribution in [1.82, 2.24) is 22.8 Å². The van der Waals surface area contributed by atoms with Crippen molar-refractivity contribution in [1.29, 1.82) is 0 Å². The molecule has 0 saturated heterocycles. The van der Waals surface area contributed by atoms with E-state index in [1.54, 1.807) is 0 Å². The lowest BCUT2D eigenvalue weighted by molar-refractivity contribution is 0.909. The first kappa shape index (κ1) is 44.3. The Morgan fingerprint density at radius 2 is 0.605 bits per heavy atom. The van der Waals surface area contributed by atoms with Crippen LogP contribution in [0.25, 0.3) is 112 Å². The second-order valence-electron chi connectivity index (χ2n) is 21.1. The number of anilines is 6. The Kier molecular flexibility index (Phi) is 9.86. The zero-order valence-electron chi connectivity index (χ0n) is 43.6. The van der Waals surface area contributed by atoms with E-state index in [-0.39, 0.29) is 0 Å². The van der Waals surface area contributed by atoms with Gasteiger partial charge < -0.3 is 32.6 Å². The van der Waals surface area contributed by atoms with Crippen molar-refractivity contribution in [3.8, 4) is 22.5 Å². The average Bonchev–Trinajstić information content (AvgIpc) is 4.28. The van der Waals surface area contributed by atoms with Gasteiger partial charge in [-0.15, -0.1) is 0 Å². The highest BCUT2D eigenvalue weighted by atomic mass is 15.2. The summed E-state index contributed by atoms with van der Waals surface area (Å²) in [5.74, 6) is 0. The van der Waals surface area contributed by atoms with Crippen LogP contribution in [0.2, 0.25) is 0 Å². The summed E-state index contributed by atoms with van der Waals surface area (Å²) in [5.41, 5.74) is 18.8. The molecule has 368 valence electrons. The first-order chi connectivity index (χ1) is 37.3. The lowest BCUT2D eigenvalue weighted by Gasteiger charge is -2.26. The van der Waals surface area contributed by atoms with E-state index in [4.69, 9.17) is 0 Å². The molecule has 0 N–H and O–H groups in total. The highest BCUT2D eigenvalue weighted by Gasteiger charge is 2.21. The Hall–Kier alpha value is -9.20. The number of hydrogen-bond acceptors (Lipinski definition) is 2. The molecule has 8 aromatic carbocycles. The number of aryl methyl sites for hydroxylation is 4. The largest absolute Gasteiger partial charge is 0.344 e. The molecule has 7 nitrogen and oxygen atoms in total. The van der Waals surface area contributed by atoms with Crippen molar-refractivity contribution in [2.24, 2.45) is 35.2 Å². The van der Waals surface area contributed by atoms with E-state index in [9.17, 15) is 0 Å². The smallest absolute Gasteiger partial charge is 0.0509 e. The van der Waals surface area contributed by atoms with Crippen LogP contribution in [0.4, 0.5) is 34.1 Å². The maximum Gasteiger partial charge on any atom is 0.0509 e. The number of hydrogen-bond donors (Lipinski definition) is 0. The van der Waals surface area contributed by atoms with Crippen LogP contribution in [0, 0.1) is 0 Å². The van der Waals surface area contributed by atoms with Crippen LogP contribution in [-0.2, 0) is 35.2 Å². The summed E-state index contributed by atoms with van der Waals surface area (Å²) in [5, 5.41) is 13.0. The van der Waals surface area contributed by atoms with Crippen molar-refractivity contribution in [2.75, 3.05) is 9.80 Å². The third kappa shape index (κ3) is 6.61. The Bertz CT molecular complexity index is 4510. The maximum atomic E-state index is 2.42. The van der Waals surface area contributed by atoms with Crippen LogP contribution in [-0.4, -0.2) is 22.8 Å². The van der Waals surface area contributed by atoms with Crippen molar-refractivity contribution in [3.05, 3.63) is 203 Å². The number of para-hydroxylation sites is 2. The van der Waals surface area contributed by atoms with E-state index >= 15 is 0 Å². The average molecular weight is 984 g/mol. The van der Waals surface area contributed by atoms with Gasteiger partial charge >= 0.3 is 0 Å². The molecule has 0 amide bonds. The van der Waals surface area contributed by atoms with Crippen LogP contribution in [0.1, 0.15) is 25.7 Å². The Morgan fingerprint density at radius 3 is 1.01 bits per heavy atom. The van der Waals surface area contributed by atoms with Gasteiger partial charge in [0.05, 0.1) is 22.1 Å². The van der Waals surface area contributed by atoms with Crippen LogP contribution < -0.4 is 30.9 Å². The second kappa shape index (κ2) is 16.9. The zero-order valence-corrected chi connectivity index (χ0v) is 43.6. The van der Waals surface area contributed by atoms with Crippen molar-refractivity contribution in [2.45, 2.75) is 25.7 Å². The SMILES string of the molecule is Cn1c(-c2ccc(N(c3ccc4c5c(n(C)c4c3)=CCCC=5)c3ccc4c5ccccc5n(C)c4c3)cc2)ccc1-c1ccc(N(c2ccc3c4c(n(C)c3c2)=CCCC=4)c2ccc3c4ccccc4n(C)c3c2)cc1. The molecule has 7 heteroatoms. The minimum Gasteiger partial charge on any atom is -0.344 e. The van der Waals surface area contributed by atoms with Gasteiger partial charge in [-0.3, -0.25) is 0 Å². The van der Waals surface area contributed by atoms with Crippen molar-refractivity contribution < 1.29 is 0 Å². The van der Waals surface area contributed by atoms with Crippen molar-refractivity contribution in [3.63, 3.8) is 0 Å². The van der Waals surface area contributed by atoms with Gasteiger partial charge in [0, 0.05) is 145 Å². The van der Waals surface area contributed by atoms with Crippen molar-refractivity contribution >= 4 is 124 Å². The summed E-state index contributed by atoms with van der Waals surface area (Å²) >= 11 is 0. The molecule has 0 bridgehead atoms. The fraction of sp³-hybridized carbons (Fsp3) is 0.130. The Morgan fingerprint density at radius 1 is 0.276 bits per heavy atom. The van der Waals surface area contributed by atoms with Crippen LogP contribution >= 0.6 is 0 Å². The molecule has 0 saturated carbocycles. The van der Waals surface area contributed by atoms with Gasteiger partial charge in [-0.2, -0.15) is 0 Å². The third-order valence-corrected chi connectivity index (χ3v) is 17.0. The summed E-state index contributed by atoms with van der Waals surface area (Å²) in [4.78, 5) is 4.84. The number of rotatable bonds is 8.